The molecule has 0 aliphatic heterocycles. The fourth-order valence-corrected chi connectivity index (χ4v) is 1.83. The van der Waals surface area contributed by atoms with Crippen LogP contribution in [0.2, 0.25) is 5.02 Å². The third-order valence-electron chi connectivity index (χ3n) is 2.13. The second-order valence-corrected chi connectivity index (χ2v) is 4.01. The topological polar surface area (TPSA) is 17.8 Å². The highest BCUT2D eigenvalue weighted by atomic mass is 35.5. The molecule has 2 nitrogen and oxygen atoms in total. The van der Waals surface area contributed by atoms with Crippen LogP contribution in [0.3, 0.4) is 0 Å². The van der Waals surface area contributed by atoms with Gasteiger partial charge in [0, 0.05) is 6.20 Å². The molecule has 0 unspecified atom stereocenters. The van der Waals surface area contributed by atoms with E-state index in [1.807, 2.05) is 37.4 Å². The zero-order valence-corrected chi connectivity index (χ0v) is 9.76. The molecule has 0 amide bonds. The smallest absolute Gasteiger partial charge is 0.0832 e. The second-order valence-electron chi connectivity index (χ2n) is 3.34. The van der Waals surface area contributed by atoms with Crippen molar-refractivity contribution >= 4 is 23.2 Å². The van der Waals surface area contributed by atoms with E-state index in [0.717, 1.165) is 16.9 Å². The van der Waals surface area contributed by atoms with Crippen molar-refractivity contribution in [3.8, 4) is 5.69 Å². The molecule has 0 radical (unpaired) electrons. The molecule has 0 aliphatic carbocycles. The largest absolute Gasteiger partial charge is 0.239 e. The van der Waals surface area contributed by atoms with Crippen molar-refractivity contribution in [2.45, 2.75) is 12.8 Å². The minimum Gasteiger partial charge on any atom is -0.239 e. The molecule has 4 heteroatoms. The quantitative estimate of drug-likeness (QED) is 0.735. The number of benzene rings is 1. The summed E-state index contributed by atoms with van der Waals surface area (Å²) in [5.41, 5.74) is 2.85. The molecular weight excluding hydrogens is 231 g/mol. The van der Waals surface area contributed by atoms with Crippen LogP contribution >= 0.6 is 23.2 Å². The second kappa shape index (κ2) is 4.25. The molecule has 2 aromatic rings. The first-order chi connectivity index (χ1) is 7.20. The van der Waals surface area contributed by atoms with Gasteiger partial charge < -0.3 is 0 Å². The summed E-state index contributed by atoms with van der Waals surface area (Å²) in [6, 6.07) is 7.74. The highest BCUT2D eigenvalue weighted by Gasteiger charge is 2.04. The average molecular weight is 241 g/mol. The maximum atomic E-state index is 6.12. The highest BCUT2D eigenvalue weighted by molar-refractivity contribution is 6.32. The van der Waals surface area contributed by atoms with Gasteiger partial charge in [-0.25, -0.2) is 4.68 Å². The monoisotopic (exact) mass is 240 g/mol. The Morgan fingerprint density at radius 2 is 2.13 bits per heavy atom. The molecule has 15 heavy (non-hydrogen) atoms. The van der Waals surface area contributed by atoms with Crippen LogP contribution in [-0.2, 0) is 5.88 Å². The van der Waals surface area contributed by atoms with Gasteiger partial charge in [-0.1, -0.05) is 17.7 Å². The number of rotatable bonds is 2. The summed E-state index contributed by atoms with van der Waals surface area (Å²) in [7, 11) is 0. The molecule has 0 atom stereocenters. The summed E-state index contributed by atoms with van der Waals surface area (Å²) < 4.78 is 1.74. The molecule has 0 saturated carbocycles. The first-order valence-corrected chi connectivity index (χ1v) is 5.49. The normalized spacial score (nSPS) is 10.6. The van der Waals surface area contributed by atoms with Crippen LogP contribution in [0.1, 0.15) is 11.3 Å². The van der Waals surface area contributed by atoms with Crippen LogP contribution in [0.15, 0.2) is 30.5 Å². The lowest BCUT2D eigenvalue weighted by Gasteiger charge is -2.04. The van der Waals surface area contributed by atoms with Gasteiger partial charge in [0.25, 0.3) is 0 Å². The van der Waals surface area contributed by atoms with Gasteiger partial charge in [0.2, 0.25) is 0 Å². The Hall–Kier alpha value is -0.990. The highest BCUT2D eigenvalue weighted by Crippen LogP contribution is 2.21. The van der Waals surface area contributed by atoms with E-state index >= 15 is 0 Å². The van der Waals surface area contributed by atoms with Gasteiger partial charge in [-0.3, -0.25) is 0 Å². The Morgan fingerprint density at radius 3 is 2.73 bits per heavy atom. The van der Waals surface area contributed by atoms with E-state index in [4.69, 9.17) is 23.2 Å². The molecule has 78 valence electrons. The van der Waals surface area contributed by atoms with Gasteiger partial charge in [0.1, 0.15) is 0 Å². The Morgan fingerprint density at radius 1 is 1.33 bits per heavy atom. The van der Waals surface area contributed by atoms with E-state index in [1.165, 1.54) is 0 Å². The zero-order chi connectivity index (χ0) is 10.8. The van der Waals surface area contributed by atoms with Crippen molar-refractivity contribution in [3.63, 3.8) is 0 Å². The minimum absolute atomic E-state index is 0.413. The number of aryl methyl sites for hydroxylation is 1. The van der Waals surface area contributed by atoms with Crippen molar-refractivity contribution in [3.05, 3.63) is 46.7 Å². The van der Waals surface area contributed by atoms with Crippen LogP contribution in [0.25, 0.3) is 5.69 Å². The Bertz CT molecular complexity index is 477. The van der Waals surface area contributed by atoms with E-state index in [0.29, 0.717) is 10.9 Å². The third-order valence-corrected chi connectivity index (χ3v) is 2.71. The summed E-state index contributed by atoms with van der Waals surface area (Å²) in [5.74, 6) is 0.413. The summed E-state index contributed by atoms with van der Waals surface area (Å²) in [6.45, 7) is 2.00. The van der Waals surface area contributed by atoms with E-state index < -0.39 is 0 Å². The standard InChI is InChI=1S/C11H10Cl2N2/c1-8-2-3-11(10(13)6-8)15-5-4-9(7-12)14-15/h2-6H,7H2,1H3. The van der Waals surface area contributed by atoms with Crippen LogP contribution in [0, 0.1) is 6.92 Å². The number of aromatic nitrogens is 2. The number of hydrogen-bond acceptors (Lipinski definition) is 1. The summed E-state index contributed by atoms with van der Waals surface area (Å²) in [6.07, 6.45) is 1.86. The zero-order valence-electron chi connectivity index (χ0n) is 8.24. The van der Waals surface area contributed by atoms with Gasteiger partial charge in [0.05, 0.1) is 22.3 Å². The summed E-state index contributed by atoms with van der Waals surface area (Å²) in [5, 5.41) is 4.98. The molecule has 0 N–H and O–H groups in total. The van der Waals surface area contributed by atoms with Crippen molar-refractivity contribution in [2.24, 2.45) is 0 Å². The molecule has 1 aromatic carbocycles. The lowest BCUT2D eigenvalue weighted by atomic mass is 10.2. The molecule has 0 saturated heterocycles. The number of nitrogens with zero attached hydrogens (tertiary/aromatic N) is 2. The van der Waals surface area contributed by atoms with Crippen molar-refractivity contribution < 1.29 is 0 Å². The van der Waals surface area contributed by atoms with Gasteiger partial charge in [-0.05, 0) is 30.7 Å². The predicted molar refractivity (Wildman–Crippen MR) is 62.9 cm³/mol. The molecule has 1 heterocycles. The van der Waals surface area contributed by atoms with Gasteiger partial charge in [-0.2, -0.15) is 5.10 Å². The first-order valence-electron chi connectivity index (χ1n) is 4.58. The lowest BCUT2D eigenvalue weighted by molar-refractivity contribution is 0.858. The molecule has 2 rings (SSSR count). The lowest BCUT2D eigenvalue weighted by Crippen LogP contribution is -1.96. The number of alkyl halides is 1. The summed E-state index contributed by atoms with van der Waals surface area (Å²) in [4.78, 5) is 0. The van der Waals surface area contributed by atoms with Crippen LogP contribution < -0.4 is 0 Å². The fraction of sp³-hybridized carbons (Fsp3) is 0.182. The maximum absolute atomic E-state index is 6.12. The van der Waals surface area contributed by atoms with E-state index in [2.05, 4.69) is 5.10 Å². The van der Waals surface area contributed by atoms with Crippen molar-refractivity contribution in [1.82, 2.24) is 9.78 Å². The first kappa shape index (κ1) is 10.5. The molecule has 0 bridgehead atoms. The van der Waals surface area contributed by atoms with E-state index in [1.54, 1.807) is 4.68 Å². The Labute approximate surface area is 98.4 Å². The minimum atomic E-state index is 0.413. The fourth-order valence-electron chi connectivity index (χ4n) is 1.36. The predicted octanol–water partition coefficient (Wildman–Crippen LogP) is 3.57. The molecule has 0 spiro atoms. The van der Waals surface area contributed by atoms with Crippen LogP contribution in [-0.4, -0.2) is 9.78 Å². The molecule has 0 aliphatic rings. The SMILES string of the molecule is Cc1ccc(-n2ccc(CCl)n2)c(Cl)c1. The average Bonchev–Trinajstić information content (AvgIpc) is 2.66. The molecule has 1 aromatic heterocycles. The number of halogens is 2. The van der Waals surface area contributed by atoms with Crippen molar-refractivity contribution in [2.75, 3.05) is 0 Å². The van der Waals surface area contributed by atoms with Crippen LogP contribution in [0.5, 0.6) is 0 Å². The van der Waals surface area contributed by atoms with Gasteiger partial charge in [0.15, 0.2) is 0 Å². The molecule has 0 fully saturated rings. The maximum Gasteiger partial charge on any atom is 0.0832 e. The Kier molecular flexibility index (Phi) is 2.98. The Balaban J connectivity index is 2.44. The van der Waals surface area contributed by atoms with Gasteiger partial charge >= 0.3 is 0 Å². The summed E-state index contributed by atoms with van der Waals surface area (Å²) >= 11 is 11.8. The number of hydrogen-bond donors (Lipinski definition) is 0. The van der Waals surface area contributed by atoms with E-state index in [9.17, 15) is 0 Å². The van der Waals surface area contributed by atoms with E-state index in [-0.39, 0.29) is 0 Å². The van der Waals surface area contributed by atoms with Crippen LogP contribution in [0.4, 0.5) is 0 Å². The van der Waals surface area contributed by atoms with Crippen molar-refractivity contribution in [1.29, 1.82) is 0 Å². The molecular formula is C11H10Cl2N2. The van der Waals surface area contributed by atoms with Gasteiger partial charge in [-0.15, -0.1) is 11.6 Å². The third kappa shape index (κ3) is 2.16.